The predicted octanol–water partition coefficient (Wildman–Crippen LogP) is 2.79. The Morgan fingerprint density at radius 2 is 1.76 bits per heavy atom. The van der Waals surface area contributed by atoms with Crippen molar-refractivity contribution in [3.05, 3.63) is 89.9 Å². The van der Waals surface area contributed by atoms with Crippen LogP contribution in [0.5, 0.6) is 5.75 Å². The van der Waals surface area contributed by atoms with Gasteiger partial charge in [-0.2, -0.15) is 10.2 Å². The second-order valence-corrected chi connectivity index (χ2v) is 15.1. The first-order valence-electron chi connectivity index (χ1n) is 17.3. The van der Waals surface area contributed by atoms with Crippen LogP contribution in [-0.2, 0) is 56.3 Å². The normalized spacial score (nSPS) is 21.7. The van der Waals surface area contributed by atoms with Crippen LogP contribution < -0.4 is 20.7 Å². The van der Waals surface area contributed by atoms with Crippen LogP contribution in [0.25, 0.3) is 5.52 Å². The summed E-state index contributed by atoms with van der Waals surface area (Å²) in [5.41, 5.74) is 4.19. The molecule has 1 unspecified atom stereocenters. The van der Waals surface area contributed by atoms with E-state index in [4.69, 9.17) is 33.7 Å². The number of methoxy groups -OCH3 is 1. The van der Waals surface area contributed by atoms with Gasteiger partial charge in [0.15, 0.2) is 11.4 Å². The lowest BCUT2D eigenvalue weighted by molar-refractivity contribution is -0.149. The van der Waals surface area contributed by atoms with Crippen molar-refractivity contribution in [1.82, 2.24) is 25.0 Å². The number of carbonyl (C=O) groups excluding carboxylic acids is 3. The van der Waals surface area contributed by atoms with Gasteiger partial charge < -0.3 is 44.7 Å². The number of benzene rings is 2. The third kappa shape index (κ3) is 9.77. The smallest absolute Gasteiger partial charge is 0.459 e. The number of aliphatic hydroxyl groups is 2. The summed E-state index contributed by atoms with van der Waals surface area (Å²) in [6.07, 6.45) is -1.72. The van der Waals surface area contributed by atoms with Crippen LogP contribution in [0.4, 0.5) is 10.6 Å². The van der Waals surface area contributed by atoms with Crippen molar-refractivity contribution in [1.29, 1.82) is 0 Å². The minimum atomic E-state index is -4.49. The molecule has 6 atom stereocenters. The van der Waals surface area contributed by atoms with Gasteiger partial charge in [-0.15, -0.1) is 0 Å². The van der Waals surface area contributed by atoms with Gasteiger partial charge in [-0.3, -0.25) is 9.32 Å². The molecule has 3 heterocycles. The monoisotopic (exact) mass is 784 g/mol. The zero-order valence-electron chi connectivity index (χ0n) is 30.9. The van der Waals surface area contributed by atoms with Crippen molar-refractivity contribution in [3.63, 3.8) is 0 Å². The van der Waals surface area contributed by atoms with E-state index in [1.807, 2.05) is 6.07 Å². The highest BCUT2D eigenvalue weighted by Gasteiger charge is 2.58. The first kappa shape index (κ1) is 41.1. The molecule has 19 heteroatoms. The molecular formula is C36H45N6O12P. The molecule has 4 aromatic rings. The van der Waals surface area contributed by atoms with Gasteiger partial charge >= 0.3 is 25.8 Å². The van der Waals surface area contributed by atoms with Crippen molar-refractivity contribution in [2.24, 2.45) is 0 Å². The molecule has 1 aliphatic rings. The van der Waals surface area contributed by atoms with E-state index < -0.39 is 74.5 Å². The van der Waals surface area contributed by atoms with E-state index in [1.165, 1.54) is 50.0 Å². The van der Waals surface area contributed by atoms with E-state index in [1.54, 1.807) is 56.3 Å². The number of aliphatic hydroxyl groups excluding tert-OH is 1. The molecule has 0 radical (unpaired) electrons. The van der Waals surface area contributed by atoms with E-state index in [2.05, 4.69) is 20.5 Å². The molecule has 55 heavy (non-hydrogen) atoms. The standard InChI is InChI=1S/C36H45N6O12P/c1-22(2)53-31(43)23(3)41-55(48,52-19-35(4)33(45)36(47,20-51-35)29-16-15-28-30(37)38-21-39-42(28)29)54-26-13-11-24(12-14-26)17-27(32(44)49-5)40-34(46)50-18-25-9-7-6-8-10-25/h6-16,21-23,27,33,45,47H,17-20H2,1-5H3,(H,40,46)(H,41,48)(H2,37,38,39)/t23-,27-,33+,35+,36-,55?/m0/s1. The maximum absolute atomic E-state index is 14.3. The average molecular weight is 785 g/mol. The minimum Gasteiger partial charge on any atom is -0.467 e. The van der Waals surface area contributed by atoms with Crippen LogP contribution >= 0.6 is 7.75 Å². The second-order valence-electron chi connectivity index (χ2n) is 13.4. The number of hydrogen-bond acceptors (Lipinski definition) is 15. The van der Waals surface area contributed by atoms with Gasteiger partial charge in [0, 0.05) is 6.42 Å². The fraction of sp³-hybridized carbons (Fsp3) is 0.417. The molecule has 1 fully saturated rings. The number of hydrogen-bond donors (Lipinski definition) is 5. The summed E-state index contributed by atoms with van der Waals surface area (Å²) in [5.74, 6) is -1.26. The van der Waals surface area contributed by atoms with Gasteiger partial charge in [0.2, 0.25) is 0 Å². The number of anilines is 1. The quantitative estimate of drug-likeness (QED) is 0.0623. The number of fused-ring (bicyclic) bond motifs is 1. The van der Waals surface area contributed by atoms with Crippen LogP contribution in [0, 0.1) is 0 Å². The highest BCUT2D eigenvalue weighted by atomic mass is 31.2. The number of nitrogens with zero attached hydrogens (tertiary/aromatic N) is 3. The summed E-state index contributed by atoms with van der Waals surface area (Å²) < 4.78 is 48.6. The lowest BCUT2D eigenvalue weighted by Crippen LogP contribution is -2.50. The lowest BCUT2D eigenvalue weighted by Gasteiger charge is -2.33. The van der Waals surface area contributed by atoms with Gasteiger partial charge in [0.25, 0.3) is 0 Å². The zero-order chi connectivity index (χ0) is 40.0. The molecule has 1 saturated heterocycles. The van der Waals surface area contributed by atoms with Gasteiger partial charge in [-0.1, -0.05) is 42.5 Å². The first-order chi connectivity index (χ1) is 26.1. The molecule has 296 valence electrons. The number of nitrogens with two attached hydrogens (primary N) is 1. The maximum Gasteiger partial charge on any atom is 0.459 e. The molecule has 5 rings (SSSR count). The number of nitrogen functional groups attached to an aromatic ring is 1. The third-order valence-corrected chi connectivity index (χ3v) is 10.4. The number of esters is 2. The molecule has 18 nitrogen and oxygen atoms in total. The molecule has 2 aromatic heterocycles. The average Bonchev–Trinajstić information content (AvgIpc) is 3.70. The Balaban J connectivity index is 1.30. The molecule has 1 amide bonds. The number of alkyl carbamates (subject to hydrolysis) is 1. The maximum atomic E-state index is 14.3. The van der Waals surface area contributed by atoms with Crippen LogP contribution in [0.1, 0.15) is 44.5 Å². The first-order valence-corrected chi connectivity index (χ1v) is 18.8. The molecule has 6 N–H and O–H groups in total. The van der Waals surface area contributed by atoms with Crippen LogP contribution in [0.3, 0.4) is 0 Å². The number of nitrogens with one attached hydrogen (secondary N) is 2. The Hall–Kier alpha value is -5.10. The van der Waals surface area contributed by atoms with Crippen LogP contribution in [0.15, 0.2) is 73.1 Å². The number of aromatic nitrogens is 3. The topological polar surface area (TPSA) is 244 Å². The molecule has 2 aromatic carbocycles. The van der Waals surface area contributed by atoms with Gasteiger partial charge in [-0.25, -0.2) is 23.7 Å². The largest absolute Gasteiger partial charge is 0.467 e. The number of carbonyl (C=O) groups is 3. The predicted molar refractivity (Wildman–Crippen MR) is 195 cm³/mol. The molecular weight excluding hydrogens is 739 g/mol. The summed E-state index contributed by atoms with van der Waals surface area (Å²) in [6, 6.07) is 15.9. The summed E-state index contributed by atoms with van der Waals surface area (Å²) >= 11 is 0. The van der Waals surface area contributed by atoms with Crippen molar-refractivity contribution in [2.75, 3.05) is 26.1 Å². The Morgan fingerprint density at radius 1 is 1.05 bits per heavy atom. The summed E-state index contributed by atoms with van der Waals surface area (Å²) in [5, 5.41) is 32.4. The minimum absolute atomic E-state index is 0.00292. The summed E-state index contributed by atoms with van der Waals surface area (Å²) in [7, 11) is -3.30. The van der Waals surface area contributed by atoms with E-state index >= 15 is 0 Å². The number of rotatable bonds is 16. The fourth-order valence-corrected chi connectivity index (χ4v) is 7.37. The molecule has 0 spiro atoms. The Morgan fingerprint density at radius 3 is 2.44 bits per heavy atom. The van der Waals surface area contributed by atoms with Gasteiger partial charge in [-0.05, 0) is 63.1 Å². The summed E-state index contributed by atoms with van der Waals surface area (Å²) in [4.78, 5) is 41.7. The van der Waals surface area contributed by atoms with Crippen molar-refractivity contribution in [3.8, 4) is 5.75 Å². The Kier molecular flexibility index (Phi) is 12.8. The van der Waals surface area contributed by atoms with Crippen LogP contribution in [-0.4, -0.2) is 93.1 Å². The number of amides is 1. The summed E-state index contributed by atoms with van der Waals surface area (Å²) in [6.45, 7) is 5.19. The van der Waals surface area contributed by atoms with Crippen molar-refractivity contribution < 1.29 is 57.2 Å². The molecule has 0 bridgehead atoms. The molecule has 0 saturated carbocycles. The SMILES string of the molecule is COC(=O)[C@H](Cc1ccc(OP(=O)(N[C@@H](C)C(=O)OC(C)C)OC[C@@]2(C)OC[C@](O)(c3ccc4c(N)ncnn34)[C@@H]2O)cc1)NC(=O)OCc1ccccc1. The van der Waals surface area contributed by atoms with E-state index in [0.717, 1.165) is 5.56 Å². The zero-order valence-corrected chi connectivity index (χ0v) is 31.8. The van der Waals surface area contributed by atoms with Crippen LogP contribution in [0.2, 0.25) is 0 Å². The van der Waals surface area contributed by atoms with Crippen molar-refractivity contribution in [2.45, 2.75) is 76.2 Å². The second kappa shape index (κ2) is 17.1. The number of ether oxygens (including phenoxy) is 4. The third-order valence-electron chi connectivity index (χ3n) is 8.74. The molecule has 1 aliphatic heterocycles. The Bertz CT molecular complexity index is 2020. The Labute approximate surface area is 316 Å². The highest BCUT2D eigenvalue weighted by Crippen LogP contribution is 2.48. The molecule has 0 aliphatic carbocycles. The van der Waals surface area contributed by atoms with E-state index in [-0.39, 0.29) is 30.3 Å². The van der Waals surface area contributed by atoms with Crippen molar-refractivity contribution >= 4 is 37.1 Å². The van der Waals surface area contributed by atoms with E-state index in [9.17, 15) is 29.2 Å². The lowest BCUT2D eigenvalue weighted by atomic mass is 9.86. The fourth-order valence-electron chi connectivity index (χ4n) is 5.78. The van der Waals surface area contributed by atoms with Gasteiger partial charge in [0.05, 0.1) is 32.1 Å². The van der Waals surface area contributed by atoms with Gasteiger partial charge in [0.1, 0.15) is 48.0 Å². The highest BCUT2D eigenvalue weighted by molar-refractivity contribution is 7.52. The van der Waals surface area contributed by atoms with E-state index in [0.29, 0.717) is 11.1 Å².